The summed E-state index contributed by atoms with van der Waals surface area (Å²) in [5.41, 5.74) is 1.51. The normalized spacial score (nSPS) is 10.5. The van der Waals surface area contributed by atoms with Crippen LogP contribution in [0.5, 0.6) is 0 Å². The van der Waals surface area contributed by atoms with Crippen LogP contribution in [0.3, 0.4) is 0 Å². The summed E-state index contributed by atoms with van der Waals surface area (Å²) in [6, 6.07) is 7.82. The average molecular weight is 302 g/mol. The molecule has 0 atom stereocenters. The summed E-state index contributed by atoms with van der Waals surface area (Å²) < 4.78 is 14.4. The molecule has 0 aliphatic rings. The molecule has 106 valence electrons. The van der Waals surface area contributed by atoms with Crippen molar-refractivity contribution in [2.24, 2.45) is 0 Å². The quantitative estimate of drug-likeness (QED) is 0.806. The second-order valence-corrected chi connectivity index (χ2v) is 5.15. The van der Waals surface area contributed by atoms with E-state index in [9.17, 15) is 9.18 Å². The first-order valence-electron chi connectivity index (χ1n) is 6.19. The molecule has 0 radical (unpaired) electrons. The van der Waals surface area contributed by atoms with Crippen molar-refractivity contribution in [3.8, 4) is 11.3 Å². The molecule has 0 fully saturated rings. The van der Waals surface area contributed by atoms with Gasteiger partial charge >= 0.3 is 0 Å². The zero-order valence-corrected chi connectivity index (χ0v) is 11.7. The lowest BCUT2D eigenvalue weighted by Crippen LogP contribution is -2.18. The fourth-order valence-electron chi connectivity index (χ4n) is 1.78. The summed E-state index contributed by atoms with van der Waals surface area (Å²) in [5.74, 6) is -0.486. The molecular formula is C14H11FN4OS. The van der Waals surface area contributed by atoms with Gasteiger partial charge in [-0.05, 0) is 30.3 Å². The molecule has 0 aliphatic heterocycles. The average Bonchev–Trinajstić information content (AvgIpc) is 3.11. The van der Waals surface area contributed by atoms with E-state index < -0.39 is 0 Å². The first-order chi connectivity index (χ1) is 10.2. The maximum absolute atomic E-state index is 12.9. The lowest BCUT2D eigenvalue weighted by atomic mass is 10.2. The topological polar surface area (TPSA) is 59.8 Å². The highest BCUT2D eigenvalue weighted by Gasteiger charge is 2.08. The van der Waals surface area contributed by atoms with E-state index in [1.54, 1.807) is 30.6 Å². The monoisotopic (exact) mass is 302 g/mol. The Morgan fingerprint density at radius 1 is 1.33 bits per heavy atom. The van der Waals surface area contributed by atoms with Crippen LogP contribution in [0.2, 0.25) is 0 Å². The Hall–Kier alpha value is -2.54. The number of hydrogen-bond donors (Lipinski definition) is 1. The van der Waals surface area contributed by atoms with Crippen molar-refractivity contribution < 1.29 is 9.18 Å². The van der Waals surface area contributed by atoms with Gasteiger partial charge in [0, 0.05) is 23.3 Å². The number of halogens is 1. The molecule has 1 aromatic carbocycles. The van der Waals surface area contributed by atoms with E-state index in [1.807, 2.05) is 5.38 Å². The highest BCUT2D eigenvalue weighted by Crippen LogP contribution is 2.24. The minimum Gasteiger partial charge on any atom is -0.300 e. The third kappa shape index (κ3) is 3.32. The van der Waals surface area contributed by atoms with Crippen molar-refractivity contribution in [2.75, 3.05) is 5.32 Å². The Kier molecular flexibility index (Phi) is 3.74. The molecule has 0 unspecified atom stereocenters. The zero-order chi connectivity index (χ0) is 14.7. The van der Waals surface area contributed by atoms with Gasteiger partial charge in [-0.25, -0.2) is 9.37 Å². The van der Waals surface area contributed by atoms with E-state index >= 15 is 0 Å². The highest BCUT2D eigenvalue weighted by molar-refractivity contribution is 7.14. The van der Waals surface area contributed by atoms with Crippen molar-refractivity contribution in [2.45, 2.75) is 6.54 Å². The largest absolute Gasteiger partial charge is 0.300 e. The van der Waals surface area contributed by atoms with Gasteiger partial charge in [-0.15, -0.1) is 11.3 Å². The molecule has 0 spiro atoms. The lowest BCUT2D eigenvalue weighted by Gasteiger charge is -2.01. The number of nitrogens with one attached hydrogen (secondary N) is 1. The fourth-order valence-corrected chi connectivity index (χ4v) is 2.52. The van der Waals surface area contributed by atoms with Gasteiger partial charge in [-0.3, -0.25) is 9.48 Å². The van der Waals surface area contributed by atoms with Crippen molar-refractivity contribution >= 4 is 22.4 Å². The lowest BCUT2D eigenvalue weighted by molar-refractivity contribution is -0.116. The molecule has 0 saturated heterocycles. The van der Waals surface area contributed by atoms with Crippen molar-refractivity contribution in [1.29, 1.82) is 0 Å². The zero-order valence-electron chi connectivity index (χ0n) is 10.9. The molecule has 21 heavy (non-hydrogen) atoms. The van der Waals surface area contributed by atoms with Gasteiger partial charge in [0.25, 0.3) is 0 Å². The van der Waals surface area contributed by atoms with E-state index in [1.165, 1.54) is 28.2 Å². The molecule has 0 saturated carbocycles. The van der Waals surface area contributed by atoms with Crippen LogP contribution < -0.4 is 5.32 Å². The first-order valence-corrected chi connectivity index (χ1v) is 7.07. The SMILES string of the molecule is O=C(Cn1cccn1)Nc1nc(-c2ccc(F)cc2)cs1. The van der Waals surface area contributed by atoms with Crippen LogP contribution in [0.15, 0.2) is 48.1 Å². The summed E-state index contributed by atoms with van der Waals surface area (Å²) in [6.07, 6.45) is 3.33. The number of amides is 1. The summed E-state index contributed by atoms with van der Waals surface area (Å²) in [5, 5.41) is 9.00. The Labute approximate surface area is 124 Å². The van der Waals surface area contributed by atoms with Gasteiger partial charge in [0.2, 0.25) is 5.91 Å². The van der Waals surface area contributed by atoms with Gasteiger partial charge in [-0.2, -0.15) is 5.10 Å². The summed E-state index contributed by atoms with van der Waals surface area (Å²) in [6.45, 7) is 0.137. The number of nitrogens with zero attached hydrogens (tertiary/aromatic N) is 3. The Balaban J connectivity index is 1.67. The molecule has 0 bridgehead atoms. The van der Waals surface area contributed by atoms with Crippen LogP contribution in [0.25, 0.3) is 11.3 Å². The number of benzene rings is 1. The van der Waals surface area contributed by atoms with Crippen molar-refractivity contribution in [1.82, 2.24) is 14.8 Å². The van der Waals surface area contributed by atoms with E-state index in [-0.39, 0.29) is 18.3 Å². The van der Waals surface area contributed by atoms with Gasteiger partial charge in [-0.1, -0.05) is 0 Å². The molecule has 3 rings (SSSR count). The Morgan fingerprint density at radius 2 is 2.14 bits per heavy atom. The van der Waals surface area contributed by atoms with E-state index in [4.69, 9.17) is 0 Å². The summed E-state index contributed by atoms with van der Waals surface area (Å²) >= 11 is 1.32. The third-order valence-electron chi connectivity index (χ3n) is 2.76. The molecule has 1 amide bonds. The molecule has 0 aliphatic carbocycles. The van der Waals surface area contributed by atoms with Gasteiger partial charge in [0.05, 0.1) is 5.69 Å². The number of anilines is 1. The molecule has 1 N–H and O–H groups in total. The number of aromatic nitrogens is 3. The van der Waals surface area contributed by atoms with Crippen LogP contribution in [0, 0.1) is 5.82 Å². The van der Waals surface area contributed by atoms with E-state index in [2.05, 4.69) is 15.4 Å². The number of carbonyl (C=O) groups excluding carboxylic acids is 1. The molecule has 5 nitrogen and oxygen atoms in total. The van der Waals surface area contributed by atoms with Crippen molar-refractivity contribution in [3.05, 3.63) is 53.9 Å². The second kappa shape index (κ2) is 5.84. The van der Waals surface area contributed by atoms with Crippen molar-refractivity contribution in [3.63, 3.8) is 0 Å². The molecule has 2 heterocycles. The van der Waals surface area contributed by atoms with Crippen LogP contribution in [0.1, 0.15) is 0 Å². The number of carbonyl (C=O) groups is 1. The minimum absolute atomic E-state index is 0.137. The van der Waals surface area contributed by atoms with Gasteiger partial charge in [0.1, 0.15) is 12.4 Å². The number of hydrogen-bond acceptors (Lipinski definition) is 4. The number of rotatable bonds is 4. The third-order valence-corrected chi connectivity index (χ3v) is 3.51. The van der Waals surface area contributed by atoms with E-state index in [0.717, 1.165) is 5.56 Å². The first kappa shape index (κ1) is 13.4. The minimum atomic E-state index is -0.290. The smallest absolute Gasteiger partial charge is 0.247 e. The maximum atomic E-state index is 12.9. The van der Waals surface area contributed by atoms with Crippen LogP contribution in [0.4, 0.5) is 9.52 Å². The fraction of sp³-hybridized carbons (Fsp3) is 0.0714. The second-order valence-electron chi connectivity index (χ2n) is 4.30. The van der Waals surface area contributed by atoms with E-state index in [0.29, 0.717) is 10.8 Å². The van der Waals surface area contributed by atoms with Gasteiger partial charge < -0.3 is 5.32 Å². The Morgan fingerprint density at radius 3 is 2.86 bits per heavy atom. The van der Waals surface area contributed by atoms with Gasteiger partial charge in [0.15, 0.2) is 5.13 Å². The van der Waals surface area contributed by atoms with Crippen LogP contribution in [-0.2, 0) is 11.3 Å². The summed E-state index contributed by atoms with van der Waals surface area (Å²) in [4.78, 5) is 16.1. The number of thiazole rings is 1. The molecule has 2 aromatic heterocycles. The maximum Gasteiger partial charge on any atom is 0.247 e. The highest BCUT2D eigenvalue weighted by atomic mass is 32.1. The Bertz CT molecular complexity index is 737. The molecule has 3 aromatic rings. The van der Waals surface area contributed by atoms with Crippen LogP contribution in [-0.4, -0.2) is 20.7 Å². The summed E-state index contributed by atoms with van der Waals surface area (Å²) in [7, 11) is 0. The molecule has 7 heteroatoms. The van der Waals surface area contributed by atoms with Crippen LogP contribution >= 0.6 is 11.3 Å². The predicted octanol–water partition coefficient (Wildman–Crippen LogP) is 2.78. The molecular weight excluding hydrogens is 291 g/mol. The standard InChI is InChI=1S/C14H11FN4OS/c15-11-4-2-10(3-5-11)12-9-21-14(17-12)18-13(20)8-19-7-1-6-16-19/h1-7,9H,8H2,(H,17,18,20). The predicted molar refractivity (Wildman–Crippen MR) is 78.4 cm³/mol.